The maximum atomic E-state index is 12.8. The van der Waals surface area contributed by atoms with Gasteiger partial charge in [-0.05, 0) is 12.1 Å². The summed E-state index contributed by atoms with van der Waals surface area (Å²) in [6, 6.07) is 4.37. The van der Waals surface area contributed by atoms with Crippen molar-refractivity contribution in [3.63, 3.8) is 0 Å². The number of rotatable bonds is 5. The predicted octanol–water partition coefficient (Wildman–Crippen LogP) is 0.555. The normalized spacial score (nSPS) is 22.2. The molecule has 4 rings (SSSR count). The van der Waals surface area contributed by atoms with Gasteiger partial charge in [0.15, 0.2) is 0 Å². The molecule has 0 spiro atoms. The number of aliphatic hydroxyl groups is 1. The minimum absolute atomic E-state index is 0.171. The molecular weight excluding hydrogens is 429 g/mol. The van der Waals surface area contributed by atoms with E-state index < -0.39 is 17.8 Å². The third-order valence-corrected chi connectivity index (χ3v) is 5.47. The van der Waals surface area contributed by atoms with Gasteiger partial charge in [0.1, 0.15) is 0 Å². The smallest absolute Gasteiger partial charge is 0.388 e. The van der Waals surface area contributed by atoms with Crippen LogP contribution in [0, 0.1) is 0 Å². The third kappa shape index (κ3) is 5.31. The summed E-state index contributed by atoms with van der Waals surface area (Å²) in [6.45, 7) is 3.09. The van der Waals surface area contributed by atoms with E-state index in [1.807, 2.05) is 9.80 Å². The van der Waals surface area contributed by atoms with E-state index >= 15 is 0 Å². The fraction of sp³-hybridized carbons (Fsp3) is 0.500. The molecule has 0 bridgehead atoms. The number of hydrogen-bond donors (Lipinski definition) is 2. The van der Waals surface area contributed by atoms with E-state index in [9.17, 15) is 23.1 Å². The molecule has 2 aliphatic rings. The van der Waals surface area contributed by atoms with Crippen molar-refractivity contribution in [2.24, 2.45) is 0 Å². The molecule has 3 heterocycles. The van der Waals surface area contributed by atoms with Crippen LogP contribution in [0.2, 0.25) is 0 Å². The topological polar surface area (TPSA) is 104 Å². The Bertz CT molecular complexity index is 935. The number of nitrogens with zero attached hydrogens (tertiary/aromatic N) is 5. The molecule has 1 aromatic carbocycles. The molecule has 0 unspecified atom stereocenters. The Morgan fingerprint density at radius 1 is 1.16 bits per heavy atom. The number of benzene rings is 1. The van der Waals surface area contributed by atoms with Crippen LogP contribution >= 0.6 is 0 Å². The average Bonchev–Trinajstić information content (AvgIpc) is 3.18. The first kappa shape index (κ1) is 22.4. The van der Waals surface area contributed by atoms with Crippen LogP contribution in [0.15, 0.2) is 30.5 Å². The highest BCUT2D eigenvalue weighted by atomic mass is 19.4. The van der Waals surface area contributed by atoms with Gasteiger partial charge in [0.05, 0.1) is 49.4 Å². The number of carbonyl (C=O) groups excluding carboxylic acids is 1. The van der Waals surface area contributed by atoms with Gasteiger partial charge in [-0.1, -0.05) is 12.1 Å². The van der Waals surface area contributed by atoms with E-state index in [2.05, 4.69) is 20.5 Å². The minimum Gasteiger partial charge on any atom is -0.388 e. The van der Waals surface area contributed by atoms with Gasteiger partial charge in [-0.25, -0.2) is 4.98 Å². The molecule has 0 saturated carbocycles. The van der Waals surface area contributed by atoms with E-state index in [4.69, 9.17) is 4.74 Å². The van der Waals surface area contributed by atoms with Crippen molar-refractivity contribution in [1.82, 2.24) is 25.4 Å². The van der Waals surface area contributed by atoms with Gasteiger partial charge >= 0.3 is 6.18 Å². The summed E-state index contributed by atoms with van der Waals surface area (Å²) in [5, 5.41) is 20.5. The molecule has 32 heavy (non-hydrogen) atoms. The number of carbonyl (C=O) groups is 1. The van der Waals surface area contributed by atoms with Gasteiger partial charge in [0.25, 0.3) is 0 Å². The van der Waals surface area contributed by atoms with Gasteiger partial charge in [0.2, 0.25) is 11.9 Å². The van der Waals surface area contributed by atoms with Gasteiger partial charge in [-0.3, -0.25) is 9.69 Å². The summed E-state index contributed by atoms with van der Waals surface area (Å²) in [6.07, 6.45) is -3.67. The van der Waals surface area contributed by atoms with Gasteiger partial charge in [-0.2, -0.15) is 18.3 Å². The zero-order chi connectivity index (χ0) is 22.7. The molecule has 2 fully saturated rings. The molecule has 2 aliphatic heterocycles. The quantitative estimate of drug-likeness (QED) is 0.678. The van der Waals surface area contributed by atoms with Gasteiger partial charge in [-0.15, -0.1) is 5.10 Å². The van der Waals surface area contributed by atoms with Crippen LogP contribution in [0.1, 0.15) is 5.56 Å². The van der Waals surface area contributed by atoms with Crippen LogP contribution in [0.3, 0.4) is 0 Å². The number of piperazine rings is 1. The highest BCUT2D eigenvalue weighted by Crippen LogP contribution is 2.30. The van der Waals surface area contributed by atoms with E-state index in [0.29, 0.717) is 50.0 Å². The molecule has 1 amide bonds. The lowest BCUT2D eigenvalue weighted by molar-refractivity contribution is -0.137. The zero-order valence-electron chi connectivity index (χ0n) is 17.1. The average molecular weight is 452 g/mol. The van der Waals surface area contributed by atoms with E-state index in [1.54, 1.807) is 0 Å². The molecule has 2 saturated heterocycles. The van der Waals surface area contributed by atoms with Crippen molar-refractivity contribution in [1.29, 1.82) is 0 Å². The second-order valence-corrected chi connectivity index (χ2v) is 7.76. The van der Waals surface area contributed by atoms with Crippen molar-refractivity contribution in [3.05, 3.63) is 36.0 Å². The third-order valence-electron chi connectivity index (χ3n) is 5.47. The number of alkyl halides is 3. The van der Waals surface area contributed by atoms with Crippen LogP contribution in [-0.2, 0) is 15.7 Å². The highest BCUT2D eigenvalue weighted by molar-refractivity contribution is 5.78. The Morgan fingerprint density at radius 3 is 2.50 bits per heavy atom. The summed E-state index contributed by atoms with van der Waals surface area (Å²) in [5.41, 5.74) is 0.226. The molecule has 0 radical (unpaired) electrons. The van der Waals surface area contributed by atoms with E-state index in [1.165, 1.54) is 18.3 Å². The largest absolute Gasteiger partial charge is 0.416 e. The Kier molecular flexibility index (Phi) is 6.53. The number of ether oxygens (including phenoxy) is 1. The maximum Gasteiger partial charge on any atom is 0.416 e. The number of amides is 1. The summed E-state index contributed by atoms with van der Waals surface area (Å²) < 4.78 is 43.4. The van der Waals surface area contributed by atoms with Crippen LogP contribution in [-0.4, -0.2) is 89.2 Å². The Balaban J connectivity index is 1.32. The number of aliphatic hydroxyl groups excluding tert-OH is 1. The highest BCUT2D eigenvalue weighted by Gasteiger charge is 2.30. The SMILES string of the molecule is O=C(CN1CCN(c2nncc(-c3ccc(C(F)(F)F)cc3)n2)CC1)N[C@@H]1COC[C@@H]1O. The number of nitrogens with one attached hydrogen (secondary N) is 1. The molecular formula is C20H23F3N6O3. The lowest BCUT2D eigenvalue weighted by Gasteiger charge is -2.34. The number of anilines is 1. The lowest BCUT2D eigenvalue weighted by Crippen LogP contribution is -2.52. The number of halogens is 3. The monoisotopic (exact) mass is 452 g/mol. The van der Waals surface area contributed by atoms with Crippen molar-refractivity contribution >= 4 is 11.9 Å². The first-order valence-corrected chi connectivity index (χ1v) is 10.2. The molecule has 9 nitrogen and oxygen atoms in total. The minimum atomic E-state index is -4.39. The molecule has 172 valence electrons. The van der Waals surface area contributed by atoms with Crippen molar-refractivity contribution in [2.45, 2.75) is 18.3 Å². The fourth-order valence-corrected chi connectivity index (χ4v) is 3.64. The number of aromatic nitrogens is 3. The van der Waals surface area contributed by atoms with Crippen LogP contribution in [0.5, 0.6) is 0 Å². The lowest BCUT2D eigenvalue weighted by atomic mass is 10.1. The summed E-state index contributed by atoms with van der Waals surface area (Å²) in [7, 11) is 0. The standard InChI is InChI=1S/C20H23F3N6O3/c21-20(22,23)14-3-1-13(2-4-14)15-9-24-27-19(26-15)29-7-5-28(6-8-29)10-18(31)25-16-11-32-12-17(16)30/h1-4,9,16-17,30H,5-8,10-12H2,(H,25,31)/t16-,17+/m1/s1. The second kappa shape index (κ2) is 9.35. The van der Waals surface area contributed by atoms with Gasteiger partial charge in [0, 0.05) is 31.7 Å². The molecule has 2 N–H and O–H groups in total. The Labute approximate surface area is 182 Å². The van der Waals surface area contributed by atoms with Crippen molar-refractivity contribution < 1.29 is 27.8 Å². The molecule has 1 aromatic heterocycles. The van der Waals surface area contributed by atoms with Crippen LogP contribution < -0.4 is 10.2 Å². The maximum absolute atomic E-state index is 12.8. The Morgan fingerprint density at radius 2 is 1.88 bits per heavy atom. The molecule has 2 aromatic rings. The predicted molar refractivity (Wildman–Crippen MR) is 108 cm³/mol. The van der Waals surface area contributed by atoms with Crippen molar-refractivity contribution in [3.8, 4) is 11.3 Å². The van der Waals surface area contributed by atoms with E-state index in [0.717, 1.165) is 12.1 Å². The molecule has 2 atom stereocenters. The summed E-state index contributed by atoms with van der Waals surface area (Å²) >= 11 is 0. The van der Waals surface area contributed by atoms with Crippen LogP contribution in [0.4, 0.5) is 19.1 Å². The molecule has 12 heteroatoms. The van der Waals surface area contributed by atoms with Crippen LogP contribution in [0.25, 0.3) is 11.3 Å². The van der Waals surface area contributed by atoms with Gasteiger partial charge < -0.3 is 20.1 Å². The summed E-state index contributed by atoms with van der Waals surface area (Å²) in [5.74, 6) is 0.216. The first-order valence-electron chi connectivity index (χ1n) is 10.2. The number of hydrogen-bond acceptors (Lipinski definition) is 8. The molecule has 0 aliphatic carbocycles. The second-order valence-electron chi connectivity index (χ2n) is 7.76. The Hall–Kier alpha value is -2.83. The summed E-state index contributed by atoms with van der Waals surface area (Å²) in [4.78, 5) is 20.6. The fourth-order valence-electron chi connectivity index (χ4n) is 3.64. The zero-order valence-corrected chi connectivity index (χ0v) is 17.1. The first-order chi connectivity index (χ1) is 15.3. The van der Waals surface area contributed by atoms with E-state index in [-0.39, 0.29) is 25.1 Å². The van der Waals surface area contributed by atoms with Crippen molar-refractivity contribution in [2.75, 3.05) is 50.8 Å².